The van der Waals surface area contributed by atoms with E-state index in [2.05, 4.69) is 23.5 Å². The van der Waals surface area contributed by atoms with Gasteiger partial charge in [0.15, 0.2) is 0 Å². The van der Waals surface area contributed by atoms with Crippen LogP contribution in [0.3, 0.4) is 0 Å². The lowest BCUT2D eigenvalue weighted by atomic mass is 9.97. The number of nitriles is 1. The zero-order valence-corrected chi connectivity index (χ0v) is 19.5. The monoisotopic (exact) mass is 475 g/mol. The average Bonchev–Trinajstić information content (AvgIpc) is 3.20. The highest BCUT2D eigenvalue weighted by Gasteiger charge is 2.33. The molecule has 8 heteroatoms. The van der Waals surface area contributed by atoms with Crippen LogP contribution in [0.15, 0.2) is 48.5 Å². The molecule has 0 bridgehead atoms. The van der Waals surface area contributed by atoms with Crippen molar-refractivity contribution < 1.29 is 24.2 Å². The van der Waals surface area contributed by atoms with E-state index < -0.39 is 24.0 Å². The summed E-state index contributed by atoms with van der Waals surface area (Å²) in [6.07, 6.45) is 1.40. The van der Waals surface area contributed by atoms with Gasteiger partial charge in [-0.15, -0.1) is 0 Å². The van der Waals surface area contributed by atoms with Crippen molar-refractivity contribution in [3.8, 4) is 17.2 Å². The van der Waals surface area contributed by atoms with Crippen LogP contribution < -0.4 is 5.32 Å². The summed E-state index contributed by atoms with van der Waals surface area (Å²) in [6, 6.07) is 17.3. The van der Waals surface area contributed by atoms with Gasteiger partial charge in [-0.2, -0.15) is 5.26 Å². The molecule has 8 nitrogen and oxygen atoms in total. The number of nitrogens with one attached hydrogen (secondary N) is 1. The highest BCUT2D eigenvalue weighted by atomic mass is 16.5. The summed E-state index contributed by atoms with van der Waals surface area (Å²) in [6.45, 7) is 0.697. The highest BCUT2D eigenvalue weighted by molar-refractivity contribution is 5.86. The zero-order valence-electron chi connectivity index (χ0n) is 19.5. The third-order valence-electron chi connectivity index (χ3n) is 6.80. The van der Waals surface area contributed by atoms with E-state index in [-0.39, 0.29) is 37.8 Å². The number of amides is 2. The highest BCUT2D eigenvalue weighted by Crippen LogP contribution is 2.44. The van der Waals surface area contributed by atoms with Crippen LogP contribution in [-0.2, 0) is 14.3 Å². The number of hydrogen-bond donors (Lipinski definition) is 2. The van der Waals surface area contributed by atoms with E-state index in [0.717, 1.165) is 22.3 Å². The Morgan fingerprint density at radius 1 is 1.11 bits per heavy atom. The molecular weight excluding hydrogens is 446 g/mol. The van der Waals surface area contributed by atoms with Gasteiger partial charge >= 0.3 is 12.1 Å². The number of piperidine rings is 1. The molecule has 4 rings (SSSR count). The molecule has 2 atom stereocenters. The van der Waals surface area contributed by atoms with E-state index in [0.29, 0.717) is 25.8 Å². The van der Waals surface area contributed by atoms with Crippen LogP contribution in [0.2, 0.25) is 0 Å². The molecule has 182 valence electrons. The van der Waals surface area contributed by atoms with E-state index in [1.54, 1.807) is 0 Å². The molecular formula is C27H29N3O5. The van der Waals surface area contributed by atoms with Crippen molar-refractivity contribution in [1.82, 2.24) is 10.2 Å². The van der Waals surface area contributed by atoms with Gasteiger partial charge in [-0.25, -0.2) is 4.79 Å². The lowest BCUT2D eigenvalue weighted by Crippen LogP contribution is -2.52. The second kappa shape index (κ2) is 11.0. The van der Waals surface area contributed by atoms with Crippen LogP contribution in [0.25, 0.3) is 11.1 Å². The molecule has 1 fully saturated rings. The van der Waals surface area contributed by atoms with Crippen LogP contribution >= 0.6 is 0 Å². The number of nitrogens with zero attached hydrogens (tertiary/aromatic N) is 2. The number of carboxylic acid groups (broad SMARTS) is 1. The summed E-state index contributed by atoms with van der Waals surface area (Å²) >= 11 is 0. The second-order valence-electron chi connectivity index (χ2n) is 9.03. The molecule has 2 N–H and O–H groups in total. The topological polar surface area (TPSA) is 120 Å². The number of benzene rings is 2. The Balaban J connectivity index is 1.41. The minimum atomic E-state index is -0.923. The number of fused-ring (bicyclic) bond motifs is 3. The number of likely N-dealkylation sites (tertiary alicyclic amines) is 1. The molecule has 1 aliphatic carbocycles. The number of unbranched alkanes of at least 4 members (excludes halogenated alkanes) is 1. The van der Waals surface area contributed by atoms with Crippen LogP contribution in [0, 0.1) is 17.2 Å². The molecule has 2 amide bonds. The van der Waals surface area contributed by atoms with E-state index in [9.17, 15) is 19.5 Å². The Hall–Kier alpha value is -3.86. The van der Waals surface area contributed by atoms with Crippen molar-refractivity contribution in [2.45, 2.75) is 44.1 Å². The predicted octanol–water partition coefficient (Wildman–Crippen LogP) is 3.91. The summed E-state index contributed by atoms with van der Waals surface area (Å²) in [4.78, 5) is 38.8. The summed E-state index contributed by atoms with van der Waals surface area (Å²) in [5.41, 5.74) is 4.44. The lowest BCUT2D eigenvalue weighted by Gasteiger charge is -2.33. The van der Waals surface area contributed by atoms with Crippen molar-refractivity contribution in [2.75, 3.05) is 19.7 Å². The molecule has 0 saturated carbocycles. The fourth-order valence-corrected chi connectivity index (χ4v) is 5.02. The molecule has 35 heavy (non-hydrogen) atoms. The van der Waals surface area contributed by atoms with Crippen molar-refractivity contribution in [3.05, 3.63) is 59.7 Å². The number of hydrogen-bond acceptors (Lipinski definition) is 5. The first-order valence-electron chi connectivity index (χ1n) is 12.0. The first-order valence-corrected chi connectivity index (χ1v) is 12.0. The number of rotatable bonds is 8. The Bertz CT molecular complexity index is 1100. The first-order chi connectivity index (χ1) is 17.0. The summed E-state index contributed by atoms with van der Waals surface area (Å²) in [7, 11) is 0. The van der Waals surface area contributed by atoms with E-state index in [4.69, 9.17) is 10.00 Å². The first kappa shape index (κ1) is 24.3. The SMILES string of the molecule is N#CCCCC(NC(=O)OCC1c2ccccc2-c2ccccc21)C(=O)N1CCC[C@H](C(=O)O)C1. The van der Waals surface area contributed by atoms with E-state index >= 15 is 0 Å². The van der Waals surface area contributed by atoms with Gasteiger partial charge in [-0.1, -0.05) is 48.5 Å². The summed E-state index contributed by atoms with van der Waals surface area (Å²) in [5.74, 6) is -1.96. The quantitative estimate of drug-likeness (QED) is 0.559. The molecule has 1 heterocycles. The van der Waals surface area contributed by atoms with Crippen molar-refractivity contribution in [1.29, 1.82) is 5.26 Å². The molecule has 0 radical (unpaired) electrons. The Kier molecular flexibility index (Phi) is 7.66. The minimum Gasteiger partial charge on any atom is -0.481 e. The number of carboxylic acids is 1. The number of carbonyl (C=O) groups is 3. The molecule has 1 aliphatic heterocycles. The zero-order chi connectivity index (χ0) is 24.8. The Morgan fingerprint density at radius 2 is 1.77 bits per heavy atom. The Labute approximate surface area is 204 Å². The maximum atomic E-state index is 13.2. The van der Waals surface area contributed by atoms with Gasteiger partial charge in [0, 0.05) is 25.4 Å². The van der Waals surface area contributed by atoms with Gasteiger partial charge in [-0.05, 0) is 47.9 Å². The molecule has 1 unspecified atom stereocenters. The second-order valence-corrected chi connectivity index (χ2v) is 9.03. The summed E-state index contributed by atoms with van der Waals surface area (Å²) in [5, 5.41) is 20.9. The van der Waals surface area contributed by atoms with Crippen LogP contribution in [0.4, 0.5) is 4.79 Å². The van der Waals surface area contributed by atoms with E-state index in [1.165, 1.54) is 4.90 Å². The molecule has 2 aliphatic rings. The minimum absolute atomic E-state index is 0.0979. The normalized spacial score (nSPS) is 17.6. The molecule has 0 spiro atoms. The summed E-state index contributed by atoms with van der Waals surface area (Å²) < 4.78 is 5.59. The van der Waals surface area contributed by atoms with Crippen LogP contribution in [0.1, 0.15) is 49.1 Å². The smallest absolute Gasteiger partial charge is 0.407 e. The van der Waals surface area contributed by atoms with Crippen molar-refractivity contribution >= 4 is 18.0 Å². The maximum Gasteiger partial charge on any atom is 0.407 e. The largest absolute Gasteiger partial charge is 0.481 e. The third-order valence-corrected chi connectivity index (χ3v) is 6.80. The number of carbonyl (C=O) groups excluding carboxylic acids is 2. The fraction of sp³-hybridized carbons (Fsp3) is 0.407. The Morgan fingerprint density at radius 3 is 2.40 bits per heavy atom. The molecule has 2 aromatic carbocycles. The number of aliphatic carboxylic acids is 1. The van der Waals surface area contributed by atoms with Gasteiger partial charge in [0.05, 0.1) is 12.0 Å². The average molecular weight is 476 g/mol. The maximum absolute atomic E-state index is 13.2. The van der Waals surface area contributed by atoms with Gasteiger partial charge in [0.2, 0.25) is 5.91 Å². The molecule has 1 saturated heterocycles. The third kappa shape index (κ3) is 5.46. The van der Waals surface area contributed by atoms with Gasteiger partial charge in [-0.3, -0.25) is 9.59 Å². The molecule has 2 aromatic rings. The standard InChI is InChI=1S/C27H29N3O5/c28-14-6-5-13-24(25(31)30-15-7-8-18(16-30)26(32)33)29-27(34)35-17-23-21-11-3-1-9-19(21)20-10-2-4-12-22(20)23/h1-4,9-12,18,23-24H,5-8,13,15-17H2,(H,29,34)(H,32,33)/t18-,24?/m0/s1. The van der Waals surface area contributed by atoms with E-state index in [1.807, 2.05) is 36.4 Å². The van der Waals surface area contributed by atoms with Gasteiger partial charge < -0.3 is 20.1 Å². The van der Waals surface area contributed by atoms with Crippen molar-refractivity contribution in [3.63, 3.8) is 0 Å². The fourth-order valence-electron chi connectivity index (χ4n) is 5.02. The van der Waals surface area contributed by atoms with Crippen molar-refractivity contribution in [2.24, 2.45) is 5.92 Å². The molecule has 0 aromatic heterocycles. The lowest BCUT2D eigenvalue weighted by molar-refractivity contribution is -0.146. The van der Waals surface area contributed by atoms with Gasteiger partial charge in [0.25, 0.3) is 0 Å². The van der Waals surface area contributed by atoms with Crippen LogP contribution in [-0.4, -0.2) is 53.7 Å². The number of ether oxygens (including phenoxy) is 1. The number of alkyl carbamates (subject to hydrolysis) is 1. The van der Waals surface area contributed by atoms with Crippen LogP contribution in [0.5, 0.6) is 0 Å². The predicted molar refractivity (Wildman–Crippen MR) is 128 cm³/mol. The van der Waals surface area contributed by atoms with Gasteiger partial charge in [0.1, 0.15) is 12.6 Å².